The summed E-state index contributed by atoms with van der Waals surface area (Å²) in [5.41, 5.74) is 0.240. The van der Waals surface area contributed by atoms with Gasteiger partial charge in [0.2, 0.25) is 0 Å². The first kappa shape index (κ1) is 15.7. The lowest BCUT2D eigenvalue weighted by molar-refractivity contribution is -0.131. The van der Waals surface area contributed by atoms with Crippen LogP contribution in [0, 0.1) is 0 Å². The molecule has 0 aliphatic heterocycles. The number of carbonyl (C=O) groups excluding carboxylic acids is 2. The van der Waals surface area contributed by atoms with E-state index in [9.17, 15) is 14.4 Å². The van der Waals surface area contributed by atoms with E-state index in [-0.39, 0.29) is 15.9 Å². The summed E-state index contributed by atoms with van der Waals surface area (Å²) in [6.45, 7) is 0. The maximum atomic E-state index is 11.9. The molecule has 0 radical (unpaired) electrons. The number of carboxylic acid groups (broad SMARTS) is 1. The Morgan fingerprint density at radius 3 is 2.50 bits per heavy atom. The highest BCUT2D eigenvalue weighted by molar-refractivity contribution is 7.80. The monoisotopic (exact) mass is 335 g/mol. The number of carboxylic acids is 1. The molecule has 0 atom stereocenters. The Balaban J connectivity index is 1.97. The first-order chi connectivity index (χ1) is 10.5. The van der Waals surface area contributed by atoms with E-state index in [1.165, 1.54) is 5.38 Å². The van der Waals surface area contributed by atoms with Crippen LogP contribution in [0.4, 0.5) is 5.13 Å². The van der Waals surface area contributed by atoms with Crippen molar-refractivity contribution in [2.24, 2.45) is 0 Å². The van der Waals surface area contributed by atoms with Crippen molar-refractivity contribution in [2.45, 2.75) is 0 Å². The fourth-order valence-electron chi connectivity index (χ4n) is 1.44. The second kappa shape index (κ2) is 6.87. The summed E-state index contributed by atoms with van der Waals surface area (Å²) >= 11 is 5.96. The Bertz CT molecular complexity index is 743. The number of thiazole rings is 1. The highest BCUT2D eigenvalue weighted by atomic mass is 32.1. The van der Waals surface area contributed by atoms with Crippen molar-refractivity contribution in [3.8, 4) is 0 Å². The fraction of sp³-hybridized carbons (Fsp3) is 0. The second-order valence-corrected chi connectivity index (χ2v) is 5.21. The van der Waals surface area contributed by atoms with Gasteiger partial charge in [-0.3, -0.25) is 14.9 Å². The van der Waals surface area contributed by atoms with Gasteiger partial charge in [-0.1, -0.05) is 18.2 Å². The van der Waals surface area contributed by atoms with Crippen LogP contribution in [0.1, 0.15) is 20.8 Å². The summed E-state index contributed by atoms with van der Waals surface area (Å²) in [6, 6.07) is 8.48. The Labute approximate surface area is 134 Å². The minimum atomic E-state index is -1.59. The van der Waals surface area contributed by atoms with Gasteiger partial charge in [0.05, 0.1) is 0 Å². The van der Waals surface area contributed by atoms with E-state index >= 15 is 0 Å². The Morgan fingerprint density at radius 2 is 1.86 bits per heavy atom. The maximum absolute atomic E-state index is 11.9. The van der Waals surface area contributed by atoms with Crippen molar-refractivity contribution in [1.29, 1.82) is 0 Å². The quantitative estimate of drug-likeness (QED) is 0.442. The number of anilines is 1. The SMILES string of the molecule is O=C(O)C(=O)c1csc(NC(=S)NC(=O)c2ccccc2)n1. The molecular formula is C13H9N3O4S2. The molecule has 0 saturated carbocycles. The molecule has 2 rings (SSSR count). The van der Waals surface area contributed by atoms with Gasteiger partial charge in [0, 0.05) is 10.9 Å². The lowest BCUT2D eigenvalue weighted by Gasteiger charge is -2.06. The molecule has 0 spiro atoms. The molecule has 0 unspecified atom stereocenters. The molecule has 0 fully saturated rings. The number of aliphatic carboxylic acids is 1. The number of nitrogens with one attached hydrogen (secondary N) is 2. The molecule has 1 amide bonds. The molecule has 22 heavy (non-hydrogen) atoms. The van der Waals surface area contributed by atoms with E-state index in [2.05, 4.69) is 15.6 Å². The molecule has 1 heterocycles. The molecule has 1 aromatic heterocycles. The number of benzene rings is 1. The first-order valence-electron chi connectivity index (χ1n) is 5.88. The van der Waals surface area contributed by atoms with Crippen molar-refractivity contribution < 1.29 is 19.5 Å². The van der Waals surface area contributed by atoms with Crippen LogP contribution in [0.25, 0.3) is 0 Å². The fourth-order valence-corrected chi connectivity index (χ4v) is 2.39. The van der Waals surface area contributed by atoms with Gasteiger partial charge in [0.15, 0.2) is 10.2 Å². The predicted molar refractivity (Wildman–Crippen MR) is 84.2 cm³/mol. The molecule has 3 N–H and O–H groups in total. The molecule has 0 bridgehead atoms. The smallest absolute Gasteiger partial charge is 0.378 e. The molecule has 2 aromatic rings. The van der Waals surface area contributed by atoms with Crippen LogP contribution in [0.5, 0.6) is 0 Å². The van der Waals surface area contributed by atoms with Gasteiger partial charge in [-0.05, 0) is 24.4 Å². The van der Waals surface area contributed by atoms with E-state index in [4.69, 9.17) is 17.3 Å². The van der Waals surface area contributed by atoms with Crippen LogP contribution in [0.3, 0.4) is 0 Å². The Hall–Kier alpha value is -2.65. The van der Waals surface area contributed by atoms with Crippen LogP contribution in [0.15, 0.2) is 35.7 Å². The lowest BCUT2D eigenvalue weighted by Crippen LogP contribution is -2.34. The van der Waals surface area contributed by atoms with Gasteiger partial charge in [0.25, 0.3) is 11.7 Å². The van der Waals surface area contributed by atoms with Crippen molar-refractivity contribution in [3.63, 3.8) is 0 Å². The van der Waals surface area contributed by atoms with E-state index in [1.807, 2.05) is 0 Å². The van der Waals surface area contributed by atoms with Crippen LogP contribution < -0.4 is 10.6 Å². The summed E-state index contributed by atoms with van der Waals surface area (Å²) < 4.78 is 0. The van der Waals surface area contributed by atoms with Gasteiger partial charge < -0.3 is 10.4 Å². The molecule has 7 nitrogen and oxygen atoms in total. The summed E-state index contributed by atoms with van der Waals surface area (Å²) in [5.74, 6) is -3.09. The topological polar surface area (TPSA) is 108 Å². The Kier molecular flexibility index (Phi) is 4.92. The van der Waals surface area contributed by atoms with E-state index in [0.29, 0.717) is 5.56 Å². The van der Waals surface area contributed by atoms with Crippen molar-refractivity contribution in [2.75, 3.05) is 5.32 Å². The van der Waals surface area contributed by atoms with Gasteiger partial charge in [-0.15, -0.1) is 11.3 Å². The predicted octanol–water partition coefficient (Wildman–Crippen LogP) is 1.54. The molecule has 9 heteroatoms. The average Bonchev–Trinajstić information content (AvgIpc) is 2.95. The van der Waals surface area contributed by atoms with Crippen molar-refractivity contribution >= 4 is 51.5 Å². The number of hydrogen-bond donors (Lipinski definition) is 3. The average molecular weight is 335 g/mol. The molecule has 0 aliphatic carbocycles. The van der Waals surface area contributed by atoms with E-state index in [1.54, 1.807) is 30.3 Å². The third-order valence-corrected chi connectivity index (χ3v) is 3.38. The number of carbonyl (C=O) groups is 3. The summed E-state index contributed by atoms with van der Waals surface area (Å²) in [6.07, 6.45) is 0. The van der Waals surface area contributed by atoms with E-state index < -0.39 is 17.7 Å². The number of Topliss-reactive ketones (excluding diaryl/α,β-unsaturated/α-hetero) is 1. The normalized spacial score (nSPS) is 9.82. The number of ketones is 1. The summed E-state index contributed by atoms with van der Waals surface area (Å²) in [4.78, 5) is 37.4. The zero-order valence-corrected chi connectivity index (χ0v) is 12.5. The number of nitrogens with zero attached hydrogens (tertiary/aromatic N) is 1. The number of rotatable bonds is 4. The van der Waals surface area contributed by atoms with E-state index in [0.717, 1.165) is 11.3 Å². The zero-order chi connectivity index (χ0) is 16.1. The maximum Gasteiger partial charge on any atom is 0.378 e. The molecule has 0 aliphatic rings. The minimum Gasteiger partial charge on any atom is -0.475 e. The van der Waals surface area contributed by atoms with Crippen LogP contribution in [-0.4, -0.2) is 32.9 Å². The second-order valence-electron chi connectivity index (χ2n) is 3.95. The van der Waals surface area contributed by atoms with Crippen LogP contribution >= 0.6 is 23.6 Å². The van der Waals surface area contributed by atoms with Crippen molar-refractivity contribution in [3.05, 3.63) is 47.0 Å². The lowest BCUT2D eigenvalue weighted by atomic mass is 10.2. The van der Waals surface area contributed by atoms with Crippen LogP contribution in [0.2, 0.25) is 0 Å². The number of aromatic nitrogens is 1. The largest absolute Gasteiger partial charge is 0.475 e. The van der Waals surface area contributed by atoms with Gasteiger partial charge in [0.1, 0.15) is 5.69 Å². The molecular weight excluding hydrogens is 326 g/mol. The van der Waals surface area contributed by atoms with Crippen molar-refractivity contribution in [1.82, 2.24) is 10.3 Å². The molecule has 1 aromatic carbocycles. The summed E-state index contributed by atoms with van der Waals surface area (Å²) in [7, 11) is 0. The van der Waals surface area contributed by atoms with Gasteiger partial charge in [-0.2, -0.15) is 0 Å². The molecule has 0 saturated heterocycles. The number of amides is 1. The number of hydrogen-bond acceptors (Lipinski definition) is 6. The third kappa shape index (κ3) is 3.93. The third-order valence-electron chi connectivity index (χ3n) is 2.41. The molecule has 112 valence electrons. The van der Waals surface area contributed by atoms with Gasteiger partial charge >= 0.3 is 5.97 Å². The number of thiocarbonyl (C=S) groups is 1. The standard InChI is InChI=1S/C13H9N3O4S2/c17-9(11(19)20)8-6-22-13(14-8)16-12(21)15-10(18)7-4-2-1-3-5-7/h1-6H,(H,19,20)(H2,14,15,16,18,21). The zero-order valence-electron chi connectivity index (χ0n) is 10.9. The van der Waals surface area contributed by atoms with Gasteiger partial charge in [-0.25, -0.2) is 9.78 Å². The first-order valence-corrected chi connectivity index (χ1v) is 7.16. The minimum absolute atomic E-state index is 0.00229. The summed E-state index contributed by atoms with van der Waals surface area (Å²) in [5, 5.41) is 15.2. The highest BCUT2D eigenvalue weighted by Gasteiger charge is 2.18. The Morgan fingerprint density at radius 1 is 1.18 bits per heavy atom. The highest BCUT2D eigenvalue weighted by Crippen LogP contribution is 2.15. The van der Waals surface area contributed by atoms with Crippen LogP contribution in [-0.2, 0) is 4.79 Å².